The lowest BCUT2D eigenvalue weighted by Gasteiger charge is -2.26. The molecule has 0 amide bonds. The first-order valence-corrected chi connectivity index (χ1v) is 14.9. The molecule has 0 radical (unpaired) electrons. The summed E-state index contributed by atoms with van der Waals surface area (Å²) in [5.74, 6) is -1.08. The number of nitrogens with one attached hydrogen (secondary N) is 2. The number of epoxide rings is 1. The van der Waals surface area contributed by atoms with E-state index in [0.717, 1.165) is 36.6 Å². The van der Waals surface area contributed by atoms with E-state index in [1.807, 2.05) is 35.5 Å². The topological polar surface area (TPSA) is 87.2 Å². The van der Waals surface area contributed by atoms with Crippen LogP contribution in [-0.4, -0.2) is 53.5 Å². The second-order valence-electron chi connectivity index (χ2n) is 10.4. The number of hydrogen-bond acceptors (Lipinski definition) is 6. The van der Waals surface area contributed by atoms with Crippen LogP contribution in [0.4, 0.5) is 10.1 Å². The zero-order valence-corrected chi connectivity index (χ0v) is 23.8. The van der Waals surface area contributed by atoms with Crippen molar-refractivity contribution in [1.82, 2.24) is 4.31 Å². The molecule has 2 fully saturated rings. The summed E-state index contributed by atoms with van der Waals surface area (Å²) in [6, 6.07) is 14.5. The monoisotopic (exact) mass is 557 g/mol. The van der Waals surface area contributed by atoms with Gasteiger partial charge in [-0.3, -0.25) is 0 Å². The predicted molar refractivity (Wildman–Crippen MR) is 153 cm³/mol. The Morgan fingerprint density at radius 2 is 1.95 bits per heavy atom. The second kappa shape index (κ2) is 12.6. The van der Waals surface area contributed by atoms with Gasteiger partial charge in [-0.25, -0.2) is 13.3 Å². The normalized spacial score (nSPS) is 26.8. The quantitative estimate of drug-likeness (QED) is 0.235. The third-order valence-electron chi connectivity index (χ3n) is 7.28. The minimum absolute atomic E-state index is 0.0760. The van der Waals surface area contributed by atoms with Gasteiger partial charge in [-0.15, -0.1) is 0 Å². The summed E-state index contributed by atoms with van der Waals surface area (Å²) in [7, 11) is -1.38. The molecule has 0 aliphatic carbocycles. The van der Waals surface area contributed by atoms with E-state index in [2.05, 4.69) is 11.9 Å². The third kappa shape index (κ3) is 7.69. The van der Waals surface area contributed by atoms with Gasteiger partial charge in [0.25, 0.3) is 5.85 Å². The Morgan fingerprint density at radius 1 is 1.23 bits per heavy atom. The van der Waals surface area contributed by atoms with Gasteiger partial charge in [-0.2, -0.15) is 4.39 Å². The maximum absolute atomic E-state index is 14.6. The van der Waals surface area contributed by atoms with E-state index in [-0.39, 0.29) is 18.2 Å². The molecule has 2 heterocycles. The van der Waals surface area contributed by atoms with Crippen LogP contribution in [0.5, 0.6) is 5.75 Å². The maximum atomic E-state index is 14.6. The van der Waals surface area contributed by atoms with Crippen molar-refractivity contribution in [3.8, 4) is 5.75 Å². The summed E-state index contributed by atoms with van der Waals surface area (Å²) in [5, 5.41) is 3.38. The molecule has 2 N–H and O–H groups in total. The lowest BCUT2D eigenvalue weighted by Crippen LogP contribution is -2.35. The van der Waals surface area contributed by atoms with Gasteiger partial charge in [0.1, 0.15) is 21.8 Å². The van der Waals surface area contributed by atoms with Crippen LogP contribution in [0.2, 0.25) is 0 Å². The molecule has 0 aromatic heterocycles. The molecule has 2 aliphatic rings. The Morgan fingerprint density at radius 3 is 2.59 bits per heavy atom. The average Bonchev–Trinajstić information content (AvgIpc) is 3.68. The van der Waals surface area contributed by atoms with Gasteiger partial charge in [-0.1, -0.05) is 30.4 Å². The van der Waals surface area contributed by atoms with Crippen LogP contribution in [0.1, 0.15) is 31.7 Å². The lowest BCUT2D eigenvalue weighted by molar-refractivity contribution is 0.0331. The van der Waals surface area contributed by atoms with Crippen molar-refractivity contribution in [2.45, 2.75) is 56.2 Å². The summed E-state index contributed by atoms with van der Waals surface area (Å²) in [5.41, 5.74) is 1.94. The lowest BCUT2D eigenvalue weighted by atomic mass is 9.90. The number of anilines is 1. The van der Waals surface area contributed by atoms with Crippen LogP contribution in [0.25, 0.3) is 0 Å². The number of alkyl halides is 1. The zero-order valence-electron chi connectivity index (χ0n) is 23.0. The molecule has 212 valence electrons. The fraction of sp³-hybridized carbons (Fsp3) is 0.467. The highest BCUT2D eigenvalue weighted by molar-refractivity contribution is 7.90. The molecular formula is C30H40FN3O4S. The third-order valence-corrected chi connectivity index (χ3v) is 9.25. The number of ether oxygens (including phenoxy) is 3. The highest BCUT2D eigenvalue weighted by Gasteiger charge is 2.41. The summed E-state index contributed by atoms with van der Waals surface area (Å²) < 4.78 is 55.6. The number of hydrogen-bond donors (Lipinski definition) is 2. The largest absolute Gasteiger partial charge is 0.451 e. The van der Waals surface area contributed by atoms with Crippen LogP contribution in [0.3, 0.4) is 0 Å². The minimum Gasteiger partial charge on any atom is -0.451 e. The minimum atomic E-state index is -3.07. The molecule has 0 bridgehead atoms. The fourth-order valence-corrected chi connectivity index (χ4v) is 6.74. The van der Waals surface area contributed by atoms with E-state index in [4.69, 9.17) is 19.0 Å². The number of benzene rings is 2. The van der Waals surface area contributed by atoms with Crippen molar-refractivity contribution in [2.24, 2.45) is 11.8 Å². The van der Waals surface area contributed by atoms with Gasteiger partial charge < -0.3 is 19.5 Å². The van der Waals surface area contributed by atoms with Gasteiger partial charge >= 0.3 is 0 Å². The molecule has 6 unspecified atom stereocenters. The number of methoxy groups -OCH3 is 1. The molecule has 2 aliphatic heterocycles. The molecule has 7 nitrogen and oxygen atoms in total. The first-order chi connectivity index (χ1) is 18.7. The van der Waals surface area contributed by atoms with Gasteiger partial charge in [0, 0.05) is 25.9 Å². The zero-order chi connectivity index (χ0) is 28.0. The van der Waals surface area contributed by atoms with Gasteiger partial charge in [-0.05, 0) is 93.5 Å². The molecule has 0 spiro atoms. The molecule has 2 aromatic rings. The van der Waals surface area contributed by atoms with E-state index in [1.54, 1.807) is 44.4 Å². The average molecular weight is 558 g/mol. The van der Waals surface area contributed by atoms with Gasteiger partial charge in [0.05, 0.1) is 11.5 Å². The standard InChI is InChI=1S/C30H40FN3O4S/c1-5-16-30(31,6-2)38-26-11-9-25(10-12-26)33-29-28(37-29)19-23-15-17-34(20-24(18-23)21-36-4)39(32,35)27-13-7-22(3)8-14-27/h5-14,16,23-24,28-29,32-33H,2,15,17-21H2,1,3-4H3. The Kier molecular flexibility index (Phi) is 9.48. The number of nitrogens with zero attached hydrogens (tertiary/aromatic N) is 1. The van der Waals surface area contributed by atoms with Crippen molar-refractivity contribution in [2.75, 3.05) is 32.1 Å². The Hall–Kier alpha value is -2.72. The molecule has 2 aromatic carbocycles. The van der Waals surface area contributed by atoms with Crippen LogP contribution < -0.4 is 10.1 Å². The van der Waals surface area contributed by atoms with Crippen molar-refractivity contribution in [3.05, 3.63) is 78.9 Å². The van der Waals surface area contributed by atoms with Crippen molar-refractivity contribution in [1.29, 1.82) is 4.78 Å². The Bertz CT molecular complexity index is 1240. The molecule has 6 atom stereocenters. The van der Waals surface area contributed by atoms with Crippen LogP contribution in [0, 0.1) is 23.5 Å². The molecule has 39 heavy (non-hydrogen) atoms. The van der Waals surface area contributed by atoms with Crippen LogP contribution >= 0.6 is 0 Å². The van der Waals surface area contributed by atoms with E-state index >= 15 is 0 Å². The number of aryl methyl sites for hydroxylation is 1. The number of rotatable bonds is 12. The summed E-state index contributed by atoms with van der Waals surface area (Å²) >= 11 is 0. The smallest absolute Gasteiger partial charge is 0.286 e. The first-order valence-electron chi connectivity index (χ1n) is 13.4. The van der Waals surface area contributed by atoms with E-state index < -0.39 is 15.8 Å². The number of halogens is 1. The maximum Gasteiger partial charge on any atom is 0.286 e. The van der Waals surface area contributed by atoms with E-state index in [1.165, 1.54) is 6.08 Å². The van der Waals surface area contributed by atoms with Crippen molar-refractivity contribution in [3.63, 3.8) is 0 Å². The predicted octanol–water partition coefficient (Wildman–Crippen LogP) is 6.32. The molecule has 2 saturated heterocycles. The van der Waals surface area contributed by atoms with Crippen LogP contribution in [-0.2, 0) is 19.4 Å². The summed E-state index contributed by atoms with van der Waals surface area (Å²) in [6.07, 6.45) is 6.66. The molecular weight excluding hydrogens is 517 g/mol. The highest BCUT2D eigenvalue weighted by atomic mass is 32.2. The van der Waals surface area contributed by atoms with E-state index in [0.29, 0.717) is 36.3 Å². The molecule has 4 rings (SSSR count). The van der Waals surface area contributed by atoms with Crippen molar-refractivity contribution >= 4 is 15.6 Å². The van der Waals surface area contributed by atoms with Crippen molar-refractivity contribution < 1.29 is 22.8 Å². The first kappa shape index (κ1) is 29.3. The Balaban J connectivity index is 1.32. The SMILES string of the molecule is C=CC(F)(C=CC)Oc1ccc(NC2OC2CC2CCN(S(=N)(=O)c3ccc(C)cc3)CC(COC)C2)cc1. The highest BCUT2D eigenvalue weighted by Crippen LogP contribution is 2.36. The molecule has 9 heteroatoms. The molecule has 0 saturated carbocycles. The Labute approximate surface area is 232 Å². The van der Waals surface area contributed by atoms with Gasteiger partial charge in [0.15, 0.2) is 6.23 Å². The van der Waals surface area contributed by atoms with E-state index in [9.17, 15) is 8.60 Å². The fourth-order valence-electron chi connectivity index (χ4n) is 5.16. The number of allylic oxidation sites excluding steroid dienone is 1. The van der Waals surface area contributed by atoms with Gasteiger partial charge in [0.2, 0.25) is 0 Å². The van der Waals surface area contributed by atoms with Crippen LogP contribution in [0.15, 0.2) is 78.2 Å². The second-order valence-corrected chi connectivity index (χ2v) is 12.5. The summed E-state index contributed by atoms with van der Waals surface area (Å²) in [6.45, 7) is 8.95. The summed E-state index contributed by atoms with van der Waals surface area (Å²) in [4.78, 5) is 0.553.